The summed E-state index contributed by atoms with van der Waals surface area (Å²) in [5.41, 5.74) is 9.75. The molecule has 0 aromatic heterocycles. The van der Waals surface area contributed by atoms with Crippen molar-refractivity contribution in [3.8, 4) is 0 Å². The third-order valence-electron chi connectivity index (χ3n) is 4.73. The van der Waals surface area contributed by atoms with Crippen molar-refractivity contribution < 1.29 is 0 Å². The molecule has 1 aromatic rings. The molecule has 20 heavy (non-hydrogen) atoms. The lowest BCUT2D eigenvalue weighted by molar-refractivity contribution is 0.256. The minimum Gasteiger partial charge on any atom is -0.363 e. The number of hydrogen-bond acceptors (Lipinski definition) is 3. The number of aryl methyl sites for hydroxylation is 1. The van der Waals surface area contributed by atoms with E-state index in [0.29, 0.717) is 5.41 Å². The first-order valence-electron chi connectivity index (χ1n) is 7.70. The molecule has 2 aliphatic rings. The molecule has 0 aliphatic carbocycles. The number of fused-ring (bicyclic) bond motifs is 1. The Kier molecular flexibility index (Phi) is 3.76. The molecule has 2 aliphatic heterocycles. The Morgan fingerprint density at radius 2 is 2.05 bits per heavy atom. The van der Waals surface area contributed by atoms with E-state index in [0.717, 1.165) is 13.1 Å². The normalized spacial score (nSPS) is 29.1. The van der Waals surface area contributed by atoms with Crippen LogP contribution in [0.2, 0.25) is 0 Å². The molecule has 1 fully saturated rings. The molecular weight excluding hydrogens is 264 g/mol. The first-order valence-corrected chi connectivity index (χ1v) is 8.85. The first kappa shape index (κ1) is 14.3. The van der Waals surface area contributed by atoms with Crippen molar-refractivity contribution in [2.24, 2.45) is 11.1 Å². The topological polar surface area (TPSA) is 29.3 Å². The molecule has 0 radical (unpaired) electrons. The molecule has 1 unspecified atom stereocenters. The number of nitrogens with zero attached hydrogens (tertiary/aromatic N) is 1. The molecule has 3 heteroatoms. The average molecular weight is 290 g/mol. The van der Waals surface area contributed by atoms with Crippen LogP contribution in [0.5, 0.6) is 0 Å². The molecule has 0 amide bonds. The lowest BCUT2D eigenvalue weighted by Gasteiger charge is -2.53. The van der Waals surface area contributed by atoms with Gasteiger partial charge in [-0.2, -0.15) is 11.8 Å². The van der Waals surface area contributed by atoms with E-state index >= 15 is 0 Å². The predicted molar refractivity (Wildman–Crippen MR) is 89.6 cm³/mol. The highest BCUT2D eigenvalue weighted by Crippen LogP contribution is 2.45. The fourth-order valence-corrected chi connectivity index (χ4v) is 5.46. The zero-order valence-corrected chi connectivity index (χ0v) is 13.5. The van der Waals surface area contributed by atoms with Crippen LogP contribution in [0.3, 0.4) is 0 Å². The SMILES string of the molecule is CC1(C)CSCC(CN)(N2CCCc3ccccc32)C1. The highest BCUT2D eigenvalue weighted by Gasteiger charge is 2.44. The van der Waals surface area contributed by atoms with Gasteiger partial charge in [0.1, 0.15) is 0 Å². The van der Waals surface area contributed by atoms with E-state index in [1.807, 2.05) is 0 Å². The van der Waals surface area contributed by atoms with Crippen LogP contribution in [0.4, 0.5) is 5.69 Å². The van der Waals surface area contributed by atoms with Crippen LogP contribution in [0.1, 0.15) is 32.3 Å². The van der Waals surface area contributed by atoms with Gasteiger partial charge < -0.3 is 10.6 Å². The van der Waals surface area contributed by atoms with Crippen LogP contribution >= 0.6 is 11.8 Å². The highest BCUT2D eigenvalue weighted by molar-refractivity contribution is 7.99. The van der Waals surface area contributed by atoms with Gasteiger partial charge in [0, 0.05) is 24.5 Å². The van der Waals surface area contributed by atoms with Crippen LogP contribution < -0.4 is 10.6 Å². The number of nitrogens with two attached hydrogens (primary N) is 1. The molecule has 1 atom stereocenters. The van der Waals surface area contributed by atoms with Gasteiger partial charge in [0.2, 0.25) is 0 Å². The summed E-state index contributed by atoms with van der Waals surface area (Å²) < 4.78 is 0. The molecule has 1 saturated heterocycles. The van der Waals surface area contributed by atoms with Crippen molar-refractivity contribution in [1.29, 1.82) is 0 Å². The van der Waals surface area contributed by atoms with Gasteiger partial charge in [-0.15, -0.1) is 0 Å². The summed E-state index contributed by atoms with van der Waals surface area (Å²) in [6.07, 6.45) is 3.67. The van der Waals surface area contributed by atoms with E-state index in [4.69, 9.17) is 5.73 Å². The summed E-state index contributed by atoms with van der Waals surface area (Å²) >= 11 is 2.08. The smallest absolute Gasteiger partial charge is 0.0619 e. The minimum absolute atomic E-state index is 0.142. The van der Waals surface area contributed by atoms with E-state index in [1.54, 1.807) is 0 Å². The second kappa shape index (κ2) is 5.27. The van der Waals surface area contributed by atoms with E-state index in [9.17, 15) is 0 Å². The van der Waals surface area contributed by atoms with Crippen molar-refractivity contribution in [3.05, 3.63) is 29.8 Å². The van der Waals surface area contributed by atoms with Crippen LogP contribution in [0.25, 0.3) is 0 Å². The van der Waals surface area contributed by atoms with Gasteiger partial charge in [0.15, 0.2) is 0 Å². The summed E-state index contributed by atoms with van der Waals surface area (Å²) in [5, 5.41) is 0. The zero-order valence-electron chi connectivity index (χ0n) is 12.7. The Bertz CT molecular complexity index is 486. The molecular formula is C17H26N2S. The van der Waals surface area contributed by atoms with Crippen LogP contribution in [0.15, 0.2) is 24.3 Å². The third-order valence-corrected chi connectivity index (χ3v) is 6.46. The number of anilines is 1. The summed E-state index contributed by atoms with van der Waals surface area (Å²) in [5.74, 6) is 2.42. The fourth-order valence-electron chi connectivity index (χ4n) is 3.95. The van der Waals surface area contributed by atoms with E-state index in [-0.39, 0.29) is 5.54 Å². The second-order valence-corrected chi connectivity index (χ2v) is 8.13. The first-order chi connectivity index (χ1) is 9.56. The Labute approximate surface area is 127 Å². The maximum atomic E-state index is 6.29. The lowest BCUT2D eigenvalue weighted by Crippen LogP contribution is -2.61. The fraction of sp³-hybridized carbons (Fsp3) is 0.647. The number of rotatable bonds is 2. The van der Waals surface area contributed by atoms with Gasteiger partial charge in [0.25, 0.3) is 0 Å². The number of thioether (sulfide) groups is 1. The lowest BCUT2D eigenvalue weighted by atomic mass is 9.77. The summed E-state index contributed by atoms with van der Waals surface area (Å²) in [4.78, 5) is 2.64. The Morgan fingerprint density at radius 1 is 1.25 bits per heavy atom. The van der Waals surface area contributed by atoms with Crippen molar-refractivity contribution in [3.63, 3.8) is 0 Å². The average Bonchev–Trinajstić information content (AvgIpc) is 2.45. The molecule has 110 valence electrons. The van der Waals surface area contributed by atoms with Gasteiger partial charge in [0.05, 0.1) is 5.54 Å². The van der Waals surface area contributed by atoms with Crippen LogP contribution in [0, 0.1) is 5.41 Å². The molecule has 3 rings (SSSR count). The number of benzene rings is 1. The highest BCUT2D eigenvalue weighted by atomic mass is 32.2. The molecule has 0 bridgehead atoms. The zero-order chi connectivity index (χ0) is 14.2. The monoisotopic (exact) mass is 290 g/mol. The van der Waals surface area contributed by atoms with Crippen molar-refractivity contribution in [2.75, 3.05) is 29.5 Å². The third kappa shape index (κ3) is 2.46. The van der Waals surface area contributed by atoms with Crippen LogP contribution in [-0.4, -0.2) is 30.1 Å². The molecule has 2 heterocycles. The predicted octanol–water partition coefficient (Wildman–Crippen LogP) is 3.30. The summed E-state index contributed by atoms with van der Waals surface area (Å²) in [7, 11) is 0. The standard InChI is InChI=1S/C17H26N2S/c1-16(2)10-17(11-18,13-20-12-16)19-9-5-7-14-6-3-4-8-15(14)19/h3-4,6,8H,5,7,9-13,18H2,1-2H3. The van der Waals surface area contributed by atoms with Gasteiger partial charge >= 0.3 is 0 Å². The Balaban J connectivity index is 1.98. The van der Waals surface area contributed by atoms with Crippen LogP contribution in [-0.2, 0) is 6.42 Å². The molecule has 2 nitrogen and oxygen atoms in total. The summed E-state index contributed by atoms with van der Waals surface area (Å²) in [6.45, 7) is 6.70. The Hall–Kier alpha value is -0.670. The maximum Gasteiger partial charge on any atom is 0.0619 e. The van der Waals surface area contributed by atoms with Gasteiger partial charge in [-0.3, -0.25) is 0 Å². The molecule has 2 N–H and O–H groups in total. The van der Waals surface area contributed by atoms with Crippen molar-refractivity contribution >= 4 is 17.4 Å². The van der Waals surface area contributed by atoms with E-state index in [2.05, 4.69) is 54.8 Å². The van der Waals surface area contributed by atoms with Gasteiger partial charge in [-0.25, -0.2) is 0 Å². The molecule has 0 spiro atoms. The Morgan fingerprint density at radius 3 is 2.80 bits per heavy atom. The minimum atomic E-state index is 0.142. The molecule has 1 aromatic carbocycles. The number of para-hydroxylation sites is 1. The van der Waals surface area contributed by atoms with Crippen molar-refractivity contribution in [2.45, 2.75) is 38.6 Å². The molecule has 0 saturated carbocycles. The largest absolute Gasteiger partial charge is 0.363 e. The van der Waals surface area contributed by atoms with E-state index < -0.39 is 0 Å². The van der Waals surface area contributed by atoms with Gasteiger partial charge in [-0.05, 0) is 42.1 Å². The van der Waals surface area contributed by atoms with Crippen molar-refractivity contribution in [1.82, 2.24) is 0 Å². The quantitative estimate of drug-likeness (QED) is 0.906. The van der Waals surface area contributed by atoms with E-state index in [1.165, 1.54) is 42.0 Å². The second-order valence-electron chi connectivity index (χ2n) is 7.15. The number of hydrogen-bond donors (Lipinski definition) is 1. The summed E-state index contributed by atoms with van der Waals surface area (Å²) in [6, 6.07) is 8.91. The van der Waals surface area contributed by atoms with Gasteiger partial charge in [-0.1, -0.05) is 32.0 Å². The maximum absolute atomic E-state index is 6.29.